The Kier molecular flexibility index (Phi) is 7.03. The molecule has 0 aromatic rings. The molecule has 1 aliphatic carbocycles. The van der Waals surface area contributed by atoms with Crippen LogP contribution >= 0.6 is 0 Å². The third kappa shape index (κ3) is 5.04. The normalized spacial score (nSPS) is 19.2. The summed E-state index contributed by atoms with van der Waals surface area (Å²) in [5.74, 6) is 0. The predicted octanol–water partition coefficient (Wildman–Crippen LogP) is 3.16. The van der Waals surface area contributed by atoms with E-state index in [9.17, 15) is 7.38 Å². The van der Waals surface area contributed by atoms with Gasteiger partial charge in [-0.1, -0.05) is 0 Å². The Morgan fingerprint density at radius 3 is 1.94 bits per heavy atom. The van der Waals surface area contributed by atoms with Crippen LogP contribution in [0.5, 0.6) is 0 Å². The van der Waals surface area contributed by atoms with E-state index in [0.29, 0.717) is 0 Å². The molecule has 0 atom stereocenters. The summed E-state index contributed by atoms with van der Waals surface area (Å²) in [4.78, 5) is 0. The van der Waals surface area contributed by atoms with E-state index in [1.807, 2.05) is 0 Å². The van der Waals surface area contributed by atoms with E-state index in [1.165, 1.54) is 6.42 Å². The van der Waals surface area contributed by atoms with Crippen molar-refractivity contribution in [2.45, 2.75) is 77.1 Å². The third-order valence-corrected chi connectivity index (χ3v) is 13.0. The fraction of sp³-hybridized carbons (Fsp3) is 1.00. The van der Waals surface area contributed by atoms with Crippen LogP contribution in [0.25, 0.3) is 0 Å². The number of hydrogen-bond acceptors (Lipinski definition) is 4. The Labute approximate surface area is 117 Å². The van der Waals surface area contributed by atoms with Gasteiger partial charge in [-0.2, -0.15) is 0 Å². The summed E-state index contributed by atoms with van der Waals surface area (Å²) in [5.41, 5.74) is 0. The first kappa shape index (κ1) is 16.8. The Morgan fingerprint density at radius 2 is 1.50 bits per heavy atom. The van der Waals surface area contributed by atoms with E-state index < -0.39 is 26.5 Å². The van der Waals surface area contributed by atoms with Crippen molar-refractivity contribution in [1.82, 2.24) is 0 Å². The summed E-state index contributed by atoms with van der Waals surface area (Å²) in [6, 6.07) is 2.76. The van der Waals surface area contributed by atoms with E-state index in [0.717, 1.165) is 43.8 Å². The van der Waals surface area contributed by atoms with Gasteiger partial charge in [0.2, 0.25) is 0 Å². The minimum atomic E-state index is -4.46. The average Bonchev–Trinajstić information content (AvgIpc) is 2.37. The van der Waals surface area contributed by atoms with Gasteiger partial charge in [-0.25, -0.2) is 0 Å². The van der Waals surface area contributed by atoms with Gasteiger partial charge in [-0.3, -0.25) is 0 Å². The van der Waals surface area contributed by atoms with Crippen LogP contribution < -0.4 is 0 Å². The number of rotatable bonds is 7. The molecule has 0 bridgehead atoms. The van der Waals surface area contributed by atoms with E-state index in [1.54, 1.807) is 0 Å². The molecule has 108 valence electrons. The van der Waals surface area contributed by atoms with Crippen molar-refractivity contribution in [1.29, 1.82) is 0 Å². The van der Waals surface area contributed by atoms with E-state index >= 15 is 0 Å². The fourth-order valence-electron chi connectivity index (χ4n) is 2.67. The molecule has 0 unspecified atom stereocenters. The molecule has 0 radical (unpaired) electrons. The van der Waals surface area contributed by atoms with Gasteiger partial charge in [0.15, 0.2) is 0 Å². The van der Waals surface area contributed by atoms with Crippen LogP contribution in [0.3, 0.4) is 0 Å². The monoisotopic (exact) mass is 312 g/mol. The van der Waals surface area contributed by atoms with Crippen molar-refractivity contribution in [3.8, 4) is 0 Å². The quantitative estimate of drug-likeness (QED) is 0.709. The zero-order valence-electron chi connectivity index (χ0n) is 11.9. The summed E-state index contributed by atoms with van der Waals surface area (Å²) < 4.78 is 31.6. The molecule has 0 aromatic heterocycles. The fourth-order valence-corrected chi connectivity index (χ4v) is 11.2. The topological polar surface area (TPSA) is 58.9 Å². The molecular formula is C12H28O4SiTi. The Hall–Kier alpha value is 0.771. The van der Waals surface area contributed by atoms with Crippen LogP contribution in [0.1, 0.15) is 52.9 Å². The van der Waals surface area contributed by atoms with Gasteiger partial charge in [-0.15, -0.1) is 0 Å². The average molecular weight is 312 g/mol. The molecule has 1 aliphatic rings. The van der Waals surface area contributed by atoms with Crippen LogP contribution in [-0.4, -0.2) is 21.8 Å². The van der Waals surface area contributed by atoms with Gasteiger partial charge < -0.3 is 0 Å². The molecule has 0 saturated heterocycles. The molecule has 1 saturated carbocycles. The zero-order valence-corrected chi connectivity index (χ0v) is 14.5. The first-order chi connectivity index (χ1) is 8.47. The Morgan fingerprint density at radius 1 is 1.00 bits per heavy atom. The molecule has 0 spiro atoms. The van der Waals surface area contributed by atoms with Crippen LogP contribution in [0.4, 0.5) is 0 Å². The van der Waals surface area contributed by atoms with Gasteiger partial charge in [-0.05, 0) is 0 Å². The van der Waals surface area contributed by atoms with Gasteiger partial charge in [0.05, 0.1) is 0 Å². The SMILES string of the molecule is CC[Si](CC)(CC)[O][Ti]([OH])([OH])[O]C1CCCCC1. The van der Waals surface area contributed by atoms with E-state index in [-0.39, 0.29) is 6.10 Å². The standard InChI is InChI=1S/C6H15OSi.C6H11O.2H2O.Ti/c1-4-8(7,5-2)6-3;7-6-4-2-1-3-5-6;;;/h4-6H2,1-3H3;6H,1-5H2;2*1H2;/q2*-1;;;+4/p-2. The van der Waals surface area contributed by atoms with E-state index in [4.69, 9.17) is 6.33 Å². The predicted molar refractivity (Wildman–Crippen MR) is 70.7 cm³/mol. The zero-order chi connectivity index (χ0) is 13.6. The molecule has 0 aromatic carbocycles. The van der Waals surface area contributed by atoms with Gasteiger partial charge in [0.25, 0.3) is 0 Å². The first-order valence-electron chi connectivity index (χ1n) is 7.29. The maximum absolute atomic E-state index is 10.1. The summed E-state index contributed by atoms with van der Waals surface area (Å²) in [6.45, 7) is 6.24. The second kappa shape index (κ2) is 7.53. The molecule has 0 aliphatic heterocycles. The molecule has 2 N–H and O–H groups in total. The molecule has 6 heteroatoms. The van der Waals surface area contributed by atoms with Crippen LogP contribution in [0.2, 0.25) is 18.1 Å². The summed E-state index contributed by atoms with van der Waals surface area (Å²) in [7, 11) is -1.98. The van der Waals surface area contributed by atoms with Crippen LogP contribution in [-0.2, 0) is 24.5 Å². The second-order valence-electron chi connectivity index (χ2n) is 5.27. The van der Waals surface area contributed by atoms with Crippen LogP contribution in [0.15, 0.2) is 0 Å². The van der Waals surface area contributed by atoms with Crippen molar-refractivity contribution in [2.75, 3.05) is 0 Å². The van der Waals surface area contributed by atoms with Gasteiger partial charge in [0.1, 0.15) is 0 Å². The summed E-state index contributed by atoms with van der Waals surface area (Å²) >= 11 is -4.46. The Balaban J connectivity index is 2.55. The minimum absolute atomic E-state index is 0.00557. The number of hydrogen-bond donors (Lipinski definition) is 2. The van der Waals surface area contributed by atoms with Gasteiger partial charge >= 0.3 is 117 Å². The molecule has 18 heavy (non-hydrogen) atoms. The van der Waals surface area contributed by atoms with Crippen molar-refractivity contribution in [2.24, 2.45) is 0 Å². The first-order valence-corrected chi connectivity index (χ1v) is 12.5. The van der Waals surface area contributed by atoms with E-state index in [2.05, 4.69) is 20.8 Å². The van der Waals surface area contributed by atoms with Crippen LogP contribution in [0, 0.1) is 0 Å². The molecule has 0 amide bonds. The van der Waals surface area contributed by atoms with Crippen molar-refractivity contribution < 1.29 is 31.8 Å². The summed E-state index contributed by atoms with van der Waals surface area (Å²) in [6.07, 6.45) is 5.37. The molecule has 1 fully saturated rings. The van der Waals surface area contributed by atoms with Crippen molar-refractivity contribution >= 4 is 8.32 Å². The molecular weight excluding hydrogens is 284 g/mol. The van der Waals surface area contributed by atoms with Gasteiger partial charge in [0, 0.05) is 0 Å². The second-order valence-corrected chi connectivity index (χ2v) is 13.0. The molecule has 4 nitrogen and oxygen atoms in total. The maximum atomic E-state index is 10.1. The molecule has 1 rings (SSSR count). The molecule has 0 heterocycles. The van der Waals surface area contributed by atoms with Crippen molar-refractivity contribution in [3.05, 3.63) is 0 Å². The summed E-state index contributed by atoms with van der Waals surface area (Å²) in [5, 5.41) is 0. The third-order valence-electron chi connectivity index (χ3n) is 4.15. The Bertz CT molecular complexity index is 232. The van der Waals surface area contributed by atoms with Crippen molar-refractivity contribution in [3.63, 3.8) is 0 Å².